The molecule has 0 saturated heterocycles. The second kappa shape index (κ2) is 6.88. The van der Waals surface area contributed by atoms with Gasteiger partial charge in [0.2, 0.25) is 0 Å². The molecule has 0 bridgehead atoms. The van der Waals surface area contributed by atoms with Crippen LogP contribution in [0.15, 0.2) is 42.9 Å². The highest BCUT2D eigenvalue weighted by Crippen LogP contribution is 2.35. The van der Waals surface area contributed by atoms with Gasteiger partial charge in [-0.15, -0.1) is 0 Å². The topological polar surface area (TPSA) is 77.9 Å². The van der Waals surface area contributed by atoms with Gasteiger partial charge in [0.15, 0.2) is 0 Å². The lowest BCUT2D eigenvalue weighted by Crippen LogP contribution is -2.36. The summed E-state index contributed by atoms with van der Waals surface area (Å²) in [6, 6.07) is 9.41. The second-order valence-corrected chi connectivity index (χ2v) is 7.05. The van der Waals surface area contributed by atoms with E-state index in [-0.39, 0.29) is 11.8 Å². The Bertz CT molecular complexity index is 904. The predicted octanol–water partition coefficient (Wildman–Crippen LogP) is 3.18. The van der Waals surface area contributed by atoms with Crippen molar-refractivity contribution in [2.45, 2.75) is 38.8 Å². The van der Waals surface area contributed by atoms with Crippen LogP contribution in [-0.4, -0.2) is 36.5 Å². The number of H-pyrrole nitrogens is 1. The van der Waals surface area contributed by atoms with Crippen molar-refractivity contribution >= 4 is 0 Å². The molecule has 1 aliphatic heterocycles. The van der Waals surface area contributed by atoms with Gasteiger partial charge in [0.05, 0.1) is 23.8 Å². The lowest BCUT2D eigenvalue weighted by Gasteiger charge is -2.35. The van der Waals surface area contributed by atoms with Crippen LogP contribution in [0.25, 0.3) is 0 Å². The summed E-state index contributed by atoms with van der Waals surface area (Å²) in [5.41, 5.74) is 4.24. The molecule has 0 radical (unpaired) electrons. The molecule has 134 valence electrons. The van der Waals surface area contributed by atoms with Gasteiger partial charge in [0, 0.05) is 37.3 Å². The van der Waals surface area contributed by atoms with Crippen LogP contribution in [-0.2, 0) is 13.0 Å². The van der Waals surface area contributed by atoms with E-state index < -0.39 is 0 Å². The van der Waals surface area contributed by atoms with Crippen molar-refractivity contribution in [3.63, 3.8) is 0 Å². The number of hydrogen-bond donors (Lipinski definition) is 2. The second-order valence-electron chi connectivity index (χ2n) is 7.05. The van der Waals surface area contributed by atoms with Crippen LogP contribution in [0, 0.1) is 0 Å². The van der Waals surface area contributed by atoms with Crippen molar-refractivity contribution < 1.29 is 5.11 Å². The Morgan fingerprint density at radius 1 is 1.27 bits per heavy atom. The number of benzene rings is 1. The Balaban J connectivity index is 1.69. The molecule has 2 N–H and O–H groups in total. The highest BCUT2D eigenvalue weighted by atomic mass is 16.3. The number of fused-ring (bicyclic) bond motifs is 1. The van der Waals surface area contributed by atoms with E-state index in [2.05, 4.69) is 33.7 Å². The lowest BCUT2D eigenvalue weighted by molar-refractivity contribution is 0.197. The van der Waals surface area contributed by atoms with E-state index in [9.17, 15) is 5.11 Å². The predicted molar refractivity (Wildman–Crippen MR) is 98.8 cm³/mol. The van der Waals surface area contributed by atoms with Gasteiger partial charge in [-0.25, -0.2) is 15.0 Å². The lowest BCUT2D eigenvalue weighted by atomic mass is 9.95. The highest BCUT2D eigenvalue weighted by Gasteiger charge is 2.31. The van der Waals surface area contributed by atoms with Crippen molar-refractivity contribution in [2.24, 2.45) is 0 Å². The molecule has 1 atom stereocenters. The van der Waals surface area contributed by atoms with Crippen LogP contribution in [0.3, 0.4) is 0 Å². The van der Waals surface area contributed by atoms with Gasteiger partial charge in [-0.2, -0.15) is 0 Å². The standard InChI is InChI=1S/C20H23N5O/c1-13(2)20-21-8-6-15(24-20)11-25-9-7-17-18(23-12-22-17)19(25)14-4-3-5-16(26)10-14/h3-6,8,10,12-13,19,26H,7,9,11H2,1-2H3,(H,22,23)/t19-/m1/s1. The van der Waals surface area contributed by atoms with Crippen LogP contribution < -0.4 is 0 Å². The van der Waals surface area contributed by atoms with Gasteiger partial charge < -0.3 is 10.1 Å². The first-order chi connectivity index (χ1) is 12.6. The molecule has 4 rings (SSSR count). The van der Waals surface area contributed by atoms with E-state index in [1.54, 1.807) is 12.4 Å². The summed E-state index contributed by atoms with van der Waals surface area (Å²) in [6.07, 6.45) is 4.52. The van der Waals surface area contributed by atoms with Gasteiger partial charge in [-0.3, -0.25) is 4.90 Å². The number of imidazole rings is 1. The summed E-state index contributed by atoms with van der Waals surface area (Å²) in [7, 11) is 0. The molecule has 26 heavy (non-hydrogen) atoms. The molecule has 0 spiro atoms. The van der Waals surface area contributed by atoms with E-state index in [0.29, 0.717) is 5.92 Å². The van der Waals surface area contributed by atoms with E-state index >= 15 is 0 Å². The highest BCUT2D eigenvalue weighted by molar-refractivity contribution is 5.36. The number of nitrogens with zero attached hydrogens (tertiary/aromatic N) is 4. The molecule has 2 aromatic heterocycles. The summed E-state index contributed by atoms with van der Waals surface area (Å²) in [5, 5.41) is 9.95. The molecule has 3 aromatic rings. The largest absolute Gasteiger partial charge is 0.508 e. The van der Waals surface area contributed by atoms with Crippen LogP contribution in [0.4, 0.5) is 0 Å². The molecule has 0 fully saturated rings. The fourth-order valence-electron chi connectivity index (χ4n) is 3.55. The van der Waals surface area contributed by atoms with Gasteiger partial charge in [0.1, 0.15) is 11.6 Å². The van der Waals surface area contributed by atoms with E-state index in [0.717, 1.165) is 42.3 Å². The number of phenols is 1. The van der Waals surface area contributed by atoms with E-state index in [4.69, 9.17) is 4.98 Å². The molecule has 1 aromatic carbocycles. The minimum Gasteiger partial charge on any atom is -0.508 e. The third-order valence-electron chi connectivity index (χ3n) is 4.82. The zero-order valence-corrected chi connectivity index (χ0v) is 15.1. The summed E-state index contributed by atoms with van der Waals surface area (Å²) in [6.45, 7) is 5.82. The molecule has 6 heteroatoms. The Hall–Kier alpha value is -2.73. The van der Waals surface area contributed by atoms with Crippen LogP contribution in [0.1, 0.15) is 54.3 Å². The van der Waals surface area contributed by atoms with Gasteiger partial charge in [-0.1, -0.05) is 26.0 Å². The zero-order valence-electron chi connectivity index (χ0n) is 15.1. The maximum Gasteiger partial charge on any atom is 0.131 e. The average Bonchev–Trinajstić information content (AvgIpc) is 3.10. The van der Waals surface area contributed by atoms with Crippen molar-refractivity contribution in [3.05, 3.63) is 71.3 Å². The van der Waals surface area contributed by atoms with Crippen LogP contribution in [0.5, 0.6) is 5.75 Å². The van der Waals surface area contributed by atoms with E-state index in [1.165, 1.54) is 5.69 Å². The molecule has 3 heterocycles. The smallest absolute Gasteiger partial charge is 0.131 e. The summed E-state index contributed by atoms with van der Waals surface area (Å²) in [4.78, 5) is 19.3. The number of aromatic hydroxyl groups is 1. The van der Waals surface area contributed by atoms with Crippen LogP contribution in [0.2, 0.25) is 0 Å². The SMILES string of the molecule is CC(C)c1nccc(CN2CCc3[nH]cnc3[C@H]2c2cccc(O)c2)n1. The Kier molecular flexibility index (Phi) is 4.42. The number of hydrogen-bond acceptors (Lipinski definition) is 5. The Morgan fingerprint density at radius 3 is 2.96 bits per heavy atom. The van der Waals surface area contributed by atoms with Crippen molar-refractivity contribution in [1.29, 1.82) is 0 Å². The van der Waals surface area contributed by atoms with Gasteiger partial charge in [0.25, 0.3) is 0 Å². The monoisotopic (exact) mass is 349 g/mol. The molecular formula is C20H23N5O. The quantitative estimate of drug-likeness (QED) is 0.756. The van der Waals surface area contributed by atoms with Crippen molar-refractivity contribution in [1.82, 2.24) is 24.8 Å². The number of nitrogens with one attached hydrogen (secondary N) is 1. The molecule has 0 saturated carbocycles. The third-order valence-corrected chi connectivity index (χ3v) is 4.82. The van der Waals surface area contributed by atoms with Crippen molar-refractivity contribution in [3.8, 4) is 5.75 Å². The van der Waals surface area contributed by atoms with Crippen LogP contribution >= 0.6 is 0 Å². The molecule has 6 nitrogen and oxygen atoms in total. The van der Waals surface area contributed by atoms with E-state index in [1.807, 2.05) is 30.5 Å². The molecule has 1 aliphatic rings. The summed E-state index contributed by atoms with van der Waals surface area (Å²) < 4.78 is 0. The third kappa shape index (κ3) is 3.20. The number of aromatic amines is 1. The summed E-state index contributed by atoms with van der Waals surface area (Å²) in [5.74, 6) is 1.44. The maximum absolute atomic E-state index is 9.95. The first-order valence-corrected chi connectivity index (χ1v) is 8.98. The van der Waals surface area contributed by atoms with Gasteiger partial charge >= 0.3 is 0 Å². The number of aromatic nitrogens is 4. The molecule has 0 unspecified atom stereocenters. The fourth-order valence-corrected chi connectivity index (χ4v) is 3.55. The first-order valence-electron chi connectivity index (χ1n) is 8.98. The molecular weight excluding hydrogens is 326 g/mol. The first kappa shape index (κ1) is 16.7. The normalized spacial score (nSPS) is 17.4. The molecule has 0 amide bonds. The Morgan fingerprint density at radius 2 is 2.15 bits per heavy atom. The van der Waals surface area contributed by atoms with Gasteiger partial charge in [-0.05, 0) is 23.8 Å². The maximum atomic E-state index is 9.95. The number of rotatable bonds is 4. The number of phenolic OH excluding ortho intramolecular Hbond substituents is 1. The minimum absolute atomic E-state index is 0.00503. The average molecular weight is 349 g/mol. The molecule has 0 aliphatic carbocycles. The Labute approximate surface area is 153 Å². The summed E-state index contributed by atoms with van der Waals surface area (Å²) >= 11 is 0. The fraction of sp³-hybridized carbons (Fsp3) is 0.350. The minimum atomic E-state index is -0.00503. The zero-order chi connectivity index (χ0) is 18.1. The van der Waals surface area contributed by atoms with Crippen molar-refractivity contribution in [2.75, 3.05) is 6.54 Å².